The molecule has 5 aromatic heterocycles. The van der Waals surface area contributed by atoms with Gasteiger partial charge in [-0.3, -0.25) is 43.7 Å². The first-order valence-electron chi connectivity index (χ1n) is 17.1. The van der Waals surface area contributed by atoms with E-state index in [1.54, 1.807) is 49.4 Å². The molecule has 19 nitrogen and oxygen atoms in total. The second-order valence-corrected chi connectivity index (χ2v) is 12.4. The van der Waals surface area contributed by atoms with Crippen molar-refractivity contribution in [3.8, 4) is 0 Å². The molecule has 0 bridgehead atoms. The topological polar surface area (TPSA) is 257 Å². The normalized spacial score (nSPS) is 11.0. The van der Waals surface area contributed by atoms with Crippen LogP contribution in [0, 0.1) is 0 Å². The summed E-state index contributed by atoms with van der Waals surface area (Å²) in [5.74, 6) is -3.15. The first-order chi connectivity index (χ1) is 26.5. The van der Waals surface area contributed by atoms with E-state index in [4.69, 9.17) is 5.11 Å². The standard InChI is InChI=1S/C36H36N12O7/c1-47-18-20(16-24(47)35(54)39-13-5-8-26(49)45-25-19-48(2)33(46-25)36(55)41-15-10-28(51)52)43-27(50)9-14-40-34(53)23-17-42-31-21-6-3-11-37-29(21)30-22(32(31)44-23)7-4-12-38-30/h3-4,6-7,11-12,16-19H,5,8-10,13-15H2,1-2H3,(H,39,54)(H,40,53)(H,41,55)(H,43,50)(H,45,49)(H,51,52). The van der Waals surface area contributed by atoms with Crippen molar-refractivity contribution >= 4 is 79.8 Å². The van der Waals surface area contributed by atoms with Gasteiger partial charge in [-0.1, -0.05) is 0 Å². The number of aliphatic carboxylic acids is 1. The molecule has 0 aliphatic carbocycles. The fourth-order valence-corrected chi connectivity index (χ4v) is 5.76. The molecule has 1 aromatic carbocycles. The van der Waals surface area contributed by atoms with Crippen molar-refractivity contribution in [3.05, 3.63) is 78.5 Å². The van der Waals surface area contributed by atoms with Crippen molar-refractivity contribution < 1.29 is 33.9 Å². The molecule has 5 amide bonds. The number of rotatable bonds is 15. The van der Waals surface area contributed by atoms with E-state index in [2.05, 4.69) is 51.5 Å². The summed E-state index contributed by atoms with van der Waals surface area (Å²) in [6, 6.07) is 8.81. The van der Waals surface area contributed by atoms with Crippen molar-refractivity contribution in [1.29, 1.82) is 0 Å². The van der Waals surface area contributed by atoms with Crippen LogP contribution in [0.25, 0.3) is 32.8 Å². The summed E-state index contributed by atoms with van der Waals surface area (Å²) in [7, 11) is 3.21. The fraction of sp³-hybridized carbons (Fsp3) is 0.250. The number of anilines is 2. The van der Waals surface area contributed by atoms with Gasteiger partial charge in [0.05, 0.1) is 40.4 Å². The van der Waals surface area contributed by atoms with Gasteiger partial charge in [0.2, 0.25) is 17.6 Å². The molecule has 0 aliphatic rings. The van der Waals surface area contributed by atoms with Crippen LogP contribution in [0.5, 0.6) is 0 Å². The van der Waals surface area contributed by atoms with Crippen LogP contribution < -0.4 is 26.6 Å². The quantitative estimate of drug-likeness (QED) is 0.0650. The van der Waals surface area contributed by atoms with Gasteiger partial charge in [0, 0.05) is 82.1 Å². The molecule has 5 heterocycles. The molecule has 6 aromatic rings. The van der Waals surface area contributed by atoms with Gasteiger partial charge in [-0.15, -0.1) is 0 Å². The van der Waals surface area contributed by atoms with Crippen molar-refractivity contribution in [3.63, 3.8) is 0 Å². The van der Waals surface area contributed by atoms with Crippen LogP contribution in [-0.2, 0) is 28.5 Å². The average molecular weight is 749 g/mol. The van der Waals surface area contributed by atoms with Crippen molar-refractivity contribution in [2.45, 2.75) is 25.7 Å². The Labute approximate surface area is 312 Å². The Morgan fingerprint density at radius 1 is 0.673 bits per heavy atom. The molecule has 0 saturated heterocycles. The third-order valence-electron chi connectivity index (χ3n) is 8.35. The third kappa shape index (κ3) is 8.84. The van der Waals surface area contributed by atoms with Gasteiger partial charge >= 0.3 is 5.97 Å². The number of aryl methyl sites for hydroxylation is 2. The SMILES string of the molecule is Cn1cc(NC(=O)CCNC(=O)c2cnc3c4cccnc4c4ncccc4c3n2)cc1C(=O)NCCCC(=O)Nc1cn(C)c(C(=O)NCCC(=O)O)n1. The number of benzene rings is 1. The molecular weight excluding hydrogens is 712 g/mol. The summed E-state index contributed by atoms with van der Waals surface area (Å²) in [6.07, 6.45) is 7.84. The van der Waals surface area contributed by atoms with Gasteiger partial charge < -0.3 is 40.8 Å². The summed E-state index contributed by atoms with van der Waals surface area (Å²) in [5, 5.41) is 23.4. The van der Waals surface area contributed by atoms with Crippen LogP contribution in [0.2, 0.25) is 0 Å². The monoisotopic (exact) mass is 748 g/mol. The second kappa shape index (κ2) is 16.6. The van der Waals surface area contributed by atoms with Crippen molar-refractivity contribution in [2.75, 3.05) is 30.3 Å². The summed E-state index contributed by atoms with van der Waals surface area (Å²) in [6.45, 7) is 0.140. The van der Waals surface area contributed by atoms with E-state index >= 15 is 0 Å². The minimum absolute atomic E-state index is 0.00452. The number of fused-ring (bicyclic) bond motifs is 6. The zero-order chi connectivity index (χ0) is 39.1. The van der Waals surface area contributed by atoms with Crippen molar-refractivity contribution in [2.24, 2.45) is 14.1 Å². The Morgan fingerprint density at radius 3 is 2.04 bits per heavy atom. The fourth-order valence-electron chi connectivity index (χ4n) is 5.76. The molecule has 6 rings (SSSR count). The number of amides is 5. The van der Waals surface area contributed by atoms with Crippen LogP contribution in [0.4, 0.5) is 11.5 Å². The lowest BCUT2D eigenvalue weighted by molar-refractivity contribution is -0.136. The van der Waals surface area contributed by atoms with Crippen LogP contribution in [0.1, 0.15) is 57.3 Å². The number of hydrogen-bond acceptors (Lipinski definition) is 11. The number of carbonyl (C=O) groups excluding carboxylic acids is 5. The number of carboxylic acid groups (broad SMARTS) is 1. The van der Waals surface area contributed by atoms with Gasteiger partial charge in [0.15, 0.2) is 5.82 Å². The molecule has 0 atom stereocenters. The van der Waals surface area contributed by atoms with Crippen molar-refractivity contribution in [1.82, 2.24) is 50.0 Å². The molecule has 0 aliphatic heterocycles. The lowest BCUT2D eigenvalue weighted by Crippen LogP contribution is -2.28. The van der Waals surface area contributed by atoms with Crippen LogP contribution in [-0.4, -0.2) is 94.3 Å². The summed E-state index contributed by atoms with van der Waals surface area (Å²) in [4.78, 5) is 95.9. The molecule has 0 unspecified atom stereocenters. The Morgan fingerprint density at radius 2 is 1.31 bits per heavy atom. The molecule has 282 valence electrons. The van der Waals surface area contributed by atoms with Gasteiger partial charge in [-0.25, -0.2) is 9.97 Å². The molecule has 0 fully saturated rings. The number of aromatic nitrogens is 7. The Balaban J connectivity index is 0.938. The Bertz CT molecular complexity index is 2440. The number of nitrogens with one attached hydrogen (secondary N) is 5. The third-order valence-corrected chi connectivity index (χ3v) is 8.35. The Hall–Kier alpha value is -7.31. The number of carbonyl (C=O) groups is 6. The number of hydrogen-bond donors (Lipinski definition) is 6. The van der Waals surface area contributed by atoms with E-state index in [1.165, 1.54) is 23.0 Å². The summed E-state index contributed by atoms with van der Waals surface area (Å²) in [5.41, 5.74) is 3.19. The van der Waals surface area contributed by atoms with Crippen LogP contribution in [0.3, 0.4) is 0 Å². The molecule has 0 saturated carbocycles. The van der Waals surface area contributed by atoms with Gasteiger partial charge in [0.1, 0.15) is 11.4 Å². The first kappa shape index (κ1) is 37.4. The smallest absolute Gasteiger partial charge is 0.305 e. The predicted octanol–water partition coefficient (Wildman–Crippen LogP) is 1.91. The molecular formula is C36H36N12O7. The van der Waals surface area contributed by atoms with Gasteiger partial charge in [-0.05, 0) is 36.8 Å². The highest BCUT2D eigenvalue weighted by Gasteiger charge is 2.18. The predicted molar refractivity (Wildman–Crippen MR) is 199 cm³/mol. The lowest BCUT2D eigenvalue weighted by atomic mass is 10.1. The highest BCUT2D eigenvalue weighted by molar-refractivity contribution is 6.20. The zero-order valence-electron chi connectivity index (χ0n) is 29.8. The minimum Gasteiger partial charge on any atom is -0.481 e. The number of pyridine rings is 2. The van der Waals surface area contributed by atoms with E-state index in [9.17, 15) is 28.8 Å². The average Bonchev–Trinajstić information content (AvgIpc) is 3.73. The summed E-state index contributed by atoms with van der Waals surface area (Å²) < 4.78 is 2.95. The van der Waals surface area contributed by atoms with E-state index in [0.717, 1.165) is 5.39 Å². The second-order valence-electron chi connectivity index (χ2n) is 12.4. The van der Waals surface area contributed by atoms with Gasteiger partial charge in [-0.2, -0.15) is 0 Å². The largest absolute Gasteiger partial charge is 0.481 e. The zero-order valence-corrected chi connectivity index (χ0v) is 29.8. The van der Waals surface area contributed by atoms with Gasteiger partial charge in [0.25, 0.3) is 17.7 Å². The number of nitrogens with zero attached hydrogens (tertiary/aromatic N) is 7. The van der Waals surface area contributed by atoms with Crippen LogP contribution >= 0.6 is 0 Å². The van der Waals surface area contributed by atoms with E-state index < -0.39 is 23.7 Å². The number of carboxylic acids is 1. The molecule has 55 heavy (non-hydrogen) atoms. The van der Waals surface area contributed by atoms with Crippen LogP contribution in [0.15, 0.2) is 61.3 Å². The maximum Gasteiger partial charge on any atom is 0.305 e. The van der Waals surface area contributed by atoms with E-state index in [1.807, 2.05) is 12.1 Å². The molecule has 0 spiro atoms. The minimum atomic E-state index is -1.05. The number of imidazole rings is 1. The highest BCUT2D eigenvalue weighted by atomic mass is 16.4. The Kier molecular flexibility index (Phi) is 11.3. The molecule has 19 heteroatoms. The maximum atomic E-state index is 13.0. The maximum absolute atomic E-state index is 13.0. The van der Waals surface area contributed by atoms with E-state index in [-0.39, 0.29) is 73.7 Å². The first-order valence-corrected chi connectivity index (χ1v) is 17.1. The summed E-state index contributed by atoms with van der Waals surface area (Å²) >= 11 is 0. The lowest BCUT2D eigenvalue weighted by Gasteiger charge is -2.09. The highest BCUT2D eigenvalue weighted by Crippen LogP contribution is 2.30. The molecule has 0 radical (unpaired) electrons. The van der Waals surface area contributed by atoms with E-state index in [0.29, 0.717) is 39.6 Å². The molecule has 6 N–H and O–H groups in total.